The molecule has 9 nitrogen and oxygen atoms in total. The molecule has 9 heteroatoms. The number of carbonyl (C=O) groups excluding carboxylic acids is 1. The predicted octanol–water partition coefficient (Wildman–Crippen LogP) is 1.91. The number of benzene rings is 1. The SMILES string of the molecule is C=CC(=O)C(Nc1n[nH]c2ncnc(C#Cc3cc(OC)cc(OC)c3)c12)C1CCNC1. The van der Waals surface area contributed by atoms with Gasteiger partial charge in [-0.1, -0.05) is 12.5 Å². The fourth-order valence-corrected chi connectivity index (χ4v) is 3.73. The maximum absolute atomic E-state index is 12.5. The summed E-state index contributed by atoms with van der Waals surface area (Å²) in [6.45, 7) is 5.27. The number of nitrogens with zero attached hydrogens (tertiary/aromatic N) is 3. The van der Waals surface area contributed by atoms with Gasteiger partial charge in [0, 0.05) is 24.1 Å². The maximum atomic E-state index is 12.5. The zero-order valence-electron chi connectivity index (χ0n) is 17.9. The second kappa shape index (κ2) is 9.49. The Morgan fingerprint density at radius 1 is 1.25 bits per heavy atom. The highest BCUT2D eigenvalue weighted by Crippen LogP contribution is 2.26. The molecule has 0 spiro atoms. The van der Waals surface area contributed by atoms with Crippen LogP contribution < -0.4 is 20.1 Å². The summed E-state index contributed by atoms with van der Waals surface area (Å²) in [5, 5.41) is 14.4. The van der Waals surface area contributed by atoms with Crippen LogP contribution in [0, 0.1) is 17.8 Å². The normalized spacial score (nSPS) is 16.1. The van der Waals surface area contributed by atoms with Crippen LogP contribution in [-0.2, 0) is 4.79 Å². The van der Waals surface area contributed by atoms with Crippen molar-refractivity contribution >= 4 is 22.6 Å². The van der Waals surface area contributed by atoms with Crippen LogP contribution in [0.3, 0.4) is 0 Å². The molecule has 1 saturated heterocycles. The largest absolute Gasteiger partial charge is 0.497 e. The van der Waals surface area contributed by atoms with Crippen LogP contribution in [0.2, 0.25) is 0 Å². The van der Waals surface area contributed by atoms with Gasteiger partial charge in [0.1, 0.15) is 23.5 Å². The maximum Gasteiger partial charge on any atom is 0.177 e. The second-order valence-electron chi connectivity index (χ2n) is 7.35. The zero-order valence-corrected chi connectivity index (χ0v) is 17.9. The van der Waals surface area contributed by atoms with Gasteiger partial charge in [0.15, 0.2) is 17.2 Å². The molecule has 2 unspecified atom stereocenters. The Morgan fingerprint density at radius 3 is 2.69 bits per heavy atom. The highest BCUT2D eigenvalue weighted by molar-refractivity contribution is 5.98. The van der Waals surface area contributed by atoms with E-state index >= 15 is 0 Å². The van der Waals surface area contributed by atoms with E-state index in [1.54, 1.807) is 20.3 Å². The first-order valence-corrected chi connectivity index (χ1v) is 10.2. The van der Waals surface area contributed by atoms with Gasteiger partial charge in [0.05, 0.1) is 25.6 Å². The lowest BCUT2D eigenvalue weighted by atomic mass is 9.95. The first-order chi connectivity index (χ1) is 15.6. The summed E-state index contributed by atoms with van der Waals surface area (Å²) in [7, 11) is 3.17. The molecule has 0 amide bonds. The lowest BCUT2D eigenvalue weighted by Crippen LogP contribution is -2.37. The minimum Gasteiger partial charge on any atom is -0.497 e. The molecule has 3 N–H and O–H groups in total. The third-order valence-electron chi connectivity index (χ3n) is 5.40. The van der Waals surface area contributed by atoms with Gasteiger partial charge in [0.25, 0.3) is 0 Å². The molecule has 2 atom stereocenters. The first-order valence-electron chi connectivity index (χ1n) is 10.2. The van der Waals surface area contributed by atoms with Gasteiger partial charge >= 0.3 is 0 Å². The molecule has 1 fully saturated rings. The fourth-order valence-electron chi connectivity index (χ4n) is 3.73. The van der Waals surface area contributed by atoms with Crippen LogP contribution in [0.15, 0.2) is 37.2 Å². The number of fused-ring (bicyclic) bond motifs is 1. The quantitative estimate of drug-likeness (QED) is 0.383. The average molecular weight is 432 g/mol. The Labute approximate surface area is 185 Å². The van der Waals surface area contributed by atoms with Crippen molar-refractivity contribution in [2.24, 2.45) is 5.92 Å². The van der Waals surface area contributed by atoms with Gasteiger partial charge < -0.3 is 20.1 Å². The molecule has 164 valence electrons. The molecular formula is C23H24N6O3. The minimum absolute atomic E-state index is 0.0807. The van der Waals surface area contributed by atoms with Crippen molar-refractivity contribution in [1.29, 1.82) is 0 Å². The third-order valence-corrected chi connectivity index (χ3v) is 5.40. The van der Waals surface area contributed by atoms with E-state index in [-0.39, 0.29) is 11.7 Å². The van der Waals surface area contributed by atoms with Crippen LogP contribution in [0.5, 0.6) is 11.5 Å². The number of nitrogens with one attached hydrogen (secondary N) is 3. The summed E-state index contributed by atoms with van der Waals surface area (Å²) in [6, 6.07) is 4.96. The number of ether oxygens (including phenoxy) is 2. The topological polar surface area (TPSA) is 114 Å². The Morgan fingerprint density at radius 2 is 2.03 bits per heavy atom. The van der Waals surface area contributed by atoms with Crippen molar-refractivity contribution in [2.45, 2.75) is 12.5 Å². The molecule has 1 aliphatic rings. The van der Waals surface area contributed by atoms with Crippen molar-refractivity contribution in [3.63, 3.8) is 0 Å². The van der Waals surface area contributed by atoms with Crippen LogP contribution in [0.25, 0.3) is 11.0 Å². The third kappa shape index (κ3) is 4.40. The molecule has 2 aromatic heterocycles. The predicted molar refractivity (Wildman–Crippen MR) is 121 cm³/mol. The number of methoxy groups -OCH3 is 2. The zero-order chi connectivity index (χ0) is 22.5. The molecule has 0 saturated carbocycles. The number of hydrogen-bond donors (Lipinski definition) is 3. The monoisotopic (exact) mass is 432 g/mol. The minimum atomic E-state index is -0.447. The molecule has 3 heterocycles. The molecule has 3 aromatic rings. The van der Waals surface area contributed by atoms with E-state index in [2.05, 4.69) is 49.2 Å². The smallest absolute Gasteiger partial charge is 0.177 e. The summed E-state index contributed by atoms with van der Waals surface area (Å²) in [6.07, 6.45) is 3.66. The van der Waals surface area contributed by atoms with Crippen molar-refractivity contribution in [3.8, 4) is 23.3 Å². The summed E-state index contributed by atoms with van der Waals surface area (Å²) >= 11 is 0. The van der Waals surface area contributed by atoms with E-state index in [0.717, 1.165) is 19.5 Å². The molecule has 32 heavy (non-hydrogen) atoms. The van der Waals surface area contributed by atoms with Gasteiger partial charge in [-0.3, -0.25) is 9.89 Å². The number of carbonyl (C=O) groups is 1. The van der Waals surface area contributed by atoms with E-state index in [1.807, 2.05) is 12.1 Å². The van der Waals surface area contributed by atoms with Crippen molar-refractivity contribution in [1.82, 2.24) is 25.5 Å². The average Bonchev–Trinajstić information content (AvgIpc) is 3.51. The van der Waals surface area contributed by atoms with E-state index in [4.69, 9.17) is 9.47 Å². The highest BCUT2D eigenvalue weighted by atomic mass is 16.5. The van der Waals surface area contributed by atoms with Crippen molar-refractivity contribution in [3.05, 3.63) is 48.4 Å². The Balaban J connectivity index is 1.71. The molecule has 1 aliphatic heterocycles. The summed E-state index contributed by atoms with van der Waals surface area (Å²) in [5.74, 6) is 8.01. The van der Waals surface area contributed by atoms with Crippen LogP contribution in [0.4, 0.5) is 5.82 Å². The number of ketones is 1. The van der Waals surface area contributed by atoms with E-state index in [9.17, 15) is 4.79 Å². The fraction of sp³-hybridized carbons (Fsp3) is 0.304. The molecule has 0 radical (unpaired) electrons. The molecular weight excluding hydrogens is 408 g/mol. The highest BCUT2D eigenvalue weighted by Gasteiger charge is 2.30. The number of hydrogen-bond acceptors (Lipinski definition) is 8. The molecule has 1 aromatic carbocycles. The van der Waals surface area contributed by atoms with Crippen LogP contribution >= 0.6 is 0 Å². The van der Waals surface area contributed by atoms with Crippen molar-refractivity contribution < 1.29 is 14.3 Å². The summed E-state index contributed by atoms with van der Waals surface area (Å²) < 4.78 is 10.6. The van der Waals surface area contributed by atoms with Gasteiger partial charge in [0.2, 0.25) is 0 Å². The second-order valence-corrected chi connectivity index (χ2v) is 7.35. The van der Waals surface area contributed by atoms with Gasteiger partial charge in [-0.05, 0) is 37.1 Å². The van der Waals surface area contributed by atoms with Crippen LogP contribution in [-0.4, -0.2) is 59.3 Å². The van der Waals surface area contributed by atoms with Crippen molar-refractivity contribution in [2.75, 3.05) is 32.6 Å². The number of anilines is 1. The van der Waals surface area contributed by atoms with Gasteiger partial charge in [-0.25, -0.2) is 9.97 Å². The Bertz CT molecular complexity index is 1180. The number of aromatic amines is 1. The number of aromatic nitrogens is 4. The lowest BCUT2D eigenvalue weighted by Gasteiger charge is -2.21. The first kappa shape index (κ1) is 21.3. The van der Waals surface area contributed by atoms with E-state index in [0.29, 0.717) is 39.6 Å². The number of H-pyrrole nitrogens is 1. The molecule has 0 bridgehead atoms. The van der Waals surface area contributed by atoms with Gasteiger partial charge in [-0.15, -0.1) is 0 Å². The number of rotatable bonds is 7. The van der Waals surface area contributed by atoms with E-state index in [1.165, 1.54) is 12.4 Å². The summed E-state index contributed by atoms with van der Waals surface area (Å²) in [5.41, 5.74) is 1.73. The standard InChI is InChI=1S/C23H24N6O3/c1-4-19(30)21(15-7-8-24-12-15)27-23-20-18(25-13-26-22(20)28-29-23)6-5-14-9-16(31-2)11-17(10-14)32-3/h4,9-11,13,15,21,24H,1,7-8,12H2,2-3H3,(H2,25,26,27,28,29). The molecule has 0 aliphatic carbocycles. The lowest BCUT2D eigenvalue weighted by molar-refractivity contribution is -0.116. The summed E-state index contributed by atoms with van der Waals surface area (Å²) in [4.78, 5) is 21.1. The van der Waals surface area contributed by atoms with Crippen LogP contribution in [0.1, 0.15) is 17.7 Å². The Hall–Kier alpha value is -3.90. The Kier molecular flexibility index (Phi) is 6.33. The van der Waals surface area contributed by atoms with Gasteiger partial charge in [-0.2, -0.15) is 5.10 Å². The molecule has 4 rings (SSSR count). The van der Waals surface area contributed by atoms with E-state index < -0.39 is 6.04 Å².